The van der Waals surface area contributed by atoms with Gasteiger partial charge in [0.05, 0.1) is 23.4 Å². The molecular formula is C19H20Cl2N2O3. The molecule has 26 heavy (non-hydrogen) atoms. The number of halogens is 2. The van der Waals surface area contributed by atoms with E-state index in [4.69, 9.17) is 32.7 Å². The van der Waals surface area contributed by atoms with Gasteiger partial charge in [0.1, 0.15) is 6.61 Å². The molecule has 1 saturated heterocycles. The van der Waals surface area contributed by atoms with Crippen LogP contribution in [-0.2, 0) is 4.74 Å². The molecule has 1 heterocycles. The lowest BCUT2D eigenvalue weighted by Crippen LogP contribution is -2.47. The van der Waals surface area contributed by atoms with Crippen molar-refractivity contribution in [1.29, 1.82) is 0 Å². The van der Waals surface area contributed by atoms with Gasteiger partial charge >= 0.3 is 6.03 Å². The van der Waals surface area contributed by atoms with Crippen LogP contribution in [0.5, 0.6) is 5.75 Å². The number of carbonyl (C=O) groups is 1. The highest BCUT2D eigenvalue weighted by molar-refractivity contribution is 6.32. The molecule has 0 aliphatic carbocycles. The fraction of sp³-hybridized carbons (Fsp3) is 0.316. The van der Waals surface area contributed by atoms with Crippen molar-refractivity contribution in [1.82, 2.24) is 4.90 Å². The van der Waals surface area contributed by atoms with Crippen molar-refractivity contribution in [2.75, 3.05) is 32.2 Å². The van der Waals surface area contributed by atoms with Gasteiger partial charge in [0.25, 0.3) is 0 Å². The van der Waals surface area contributed by atoms with Crippen LogP contribution in [0.2, 0.25) is 10.0 Å². The number of amides is 2. The van der Waals surface area contributed by atoms with Gasteiger partial charge in [-0.3, -0.25) is 0 Å². The molecule has 2 aromatic carbocycles. The van der Waals surface area contributed by atoms with Crippen molar-refractivity contribution in [3.05, 3.63) is 58.1 Å². The summed E-state index contributed by atoms with van der Waals surface area (Å²) in [6.45, 7) is 1.48. The summed E-state index contributed by atoms with van der Waals surface area (Å²) in [4.78, 5) is 14.5. The Hall–Kier alpha value is -1.95. The van der Waals surface area contributed by atoms with E-state index >= 15 is 0 Å². The first-order chi connectivity index (χ1) is 12.6. The first kappa shape index (κ1) is 18.8. The smallest absolute Gasteiger partial charge is 0.322 e. The zero-order valence-electron chi connectivity index (χ0n) is 14.4. The van der Waals surface area contributed by atoms with Gasteiger partial charge in [-0.1, -0.05) is 41.4 Å². The Labute approximate surface area is 162 Å². The quantitative estimate of drug-likeness (QED) is 0.701. The maximum absolute atomic E-state index is 12.7. The topological polar surface area (TPSA) is 50.8 Å². The zero-order chi connectivity index (χ0) is 18.5. The molecule has 0 saturated carbocycles. The molecule has 1 aliphatic heterocycles. The summed E-state index contributed by atoms with van der Waals surface area (Å²) < 4.78 is 10.6. The van der Waals surface area contributed by atoms with E-state index in [0.717, 1.165) is 12.0 Å². The summed E-state index contributed by atoms with van der Waals surface area (Å²) in [5.74, 6) is 0.447. The summed E-state index contributed by atoms with van der Waals surface area (Å²) in [6.07, 6.45) is 0.918. The maximum atomic E-state index is 12.7. The number of carbonyl (C=O) groups excluding carboxylic acids is 1. The largest absolute Gasteiger partial charge is 0.487 e. The number of anilines is 1. The average molecular weight is 395 g/mol. The monoisotopic (exact) mass is 394 g/mol. The first-order valence-corrected chi connectivity index (χ1v) is 9.09. The molecule has 0 spiro atoms. The van der Waals surface area contributed by atoms with Gasteiger partial charge in [0, 0.05) is 18.7 Å². The van der Waals surface area contributed by atoms with Gasteiger partial charge < -0.3 is 19.7 Å². The zero-order valence-corrected chi connectivity index (χ0v) is 15.9. The Kier molecular flexibility index (Phi) is 6.25. The number of nitrogens with zero attached hydrogens (tertiary/aromatic N) is 1. The van der Waals surface area contributed by atoms with Gasteiger partial charge in [0.2, 0.25) is 0 Å². The van der Waals surface area contributed by atoms with Gasteiger partial charge in [-0.25, -0.2) is 4.79 Å². The van der Waals surface area contributed by atoms with Crippen LogP contribution in [0.4, 0.5) is 10.5 Å². The molecule has 0 radical (unpaired) electrons. The Bertz CT molecular complexity index is 768. The number of rotatable bonds is 6. The van der Waals surface area contributed by atoms with Crippen LogP contribution >= 0.6 is 23.2 Å². The van der Waals surface area contributed by atoms with E-state index in [2.05, 4.69) is 5.32 Å². The van der Waals surface area contributed by atoms with Gasteiger partial charge in [-0.15, -0.1) is 0 Å². The van der Waals surface area contributed by atoms with Crippen molar-refractivity contribution < 1.29 is 14.3 Å². The summed E-state index contributed by atoms with van der Waals surface area (Å²) >= 11 is 12.2. The van der Waals surface area contributed by atoms with Crippen LogP contribution in [0.15, 0.2) is 42.5 Å². The fourth-order valence-electron chi connectivity index (χ4n) is 2.83. The Morgan fingerprint density at radius 1 is 1.19 bits per heavy atom. The number of hydrogen-bond acceptors (Lipinski definition) is 3. The second-order valence-electron chi connectivity index (χ2n) is 5.94. The third kappa shape index (κ3) is 4.23. The molecule has 1 fully saturated rings. The number of methoxy groups -OCH3 is 1. The Morgan fingerprint density at radius 2 is 1.96 bits per heavy atom. The fourth-order valence-corrected chi connectivity index (χ4v) is 3.19. The molecule has 1 N–H and O–H groups in total. The minimum Gasteiger partial charge on any atom is -0.487 e. The molecule has 2 aromatic rings. The van der Waals surface area contributed by atoms with E-state index in [0.29, 0.717) is 41.2 Å². The van der Waals surface area contributed by atoms with E-state index in [1.807, 2.05) is 24.3 Å². The molecule has 0 bridgehead atoms. The van der Waals surface area contributed by atoms with Crippen molar-refractivity contribution in [2.24, 2.45) is 0 Å². The average Bonchev–Trinajstić information content (AvgIpc) is 2.58. The van der Waals surface area contributed by atoms with Gasteiger partial charge in [-0.2, -0.15) is 0 Å². The van der Waals surface area contributed by atoms with Crippen LogP contribution in [0.3, 0.4) is 0 Å². The molecular weight excluding hydrogens is 375 g/mol. The van der Waals surface area contributed by atoms with E-state index in [-0.39, 0.29) is 12.1 Å². The molecule has 7 heteroatoms. The highest BCUT2D eigenvalue weighted by atomic mass is 35.5. The number of nitrogens with one attached hydrogen (secondary N) is 1. The van der Waals surface area contributed by atoms with E-state index in [1.54, 1.807) is 30.2 Å². The molecule has 1 atom stereocenters. The van der Waals surface area contributed by atoms with Crippen molar-refractivity contribution in [3.63, 3.8) is 0 Å². The molecule has 0 aromatic heterocycles. The lowest BCUT2D eigenvalue weighted by molar-refractivity contribution is 0.126. The molecule has 2 amide bonds. The Balaban J connectivity index is 1.70. The highest BCUT2D eigenvalue weighted by Crippen LogP contribution is 2.36. The van der Waals surface area contributed by atoms with Crippen molar-refractivity contribution in [3.8, 4) is 5.75 Å². The second kappa shape index (κ2) is 8.62. The number of likely N-dealkylation sites (tertiary alicyclic amines) is 1. The van der Waals surface area contributed by atoms with Crippen LogP contribution in [0.25, 0.3) is 0 Å². The van der Waals surface area contributed by atoms with Gasteiger partial charge in [-0.05, 0) is 36.2 Å². The second-order valence-corrected chi connectivity index (χ2v) is 6.78. The van der Waals surface area contributed by atoms with Crippen molar-refractivity contribution in [2.45, 2.75) is 12.5 Å². The minimum atomic E-state index is -0.185. The first-order valence-electron chi connectivity index (χ1n) is 8.33. The summed E-state index contributed by atoms with van der Waals surface area (Å²) in [5.41, 5.74) is 1.61. The third-order valence-corrected chi connectivity index (χ3v) is 4.83. The molecule has 5 nitrogen and oxygen atoms in total. The Morgan fingerprint density at radius 3 is 2.62 bits per heavy atom. The maximum Gasteiger partial charge on any atom is 0.322 e. The molecule has 138 valence electrons. The summed E-state index contributed by atoms with van der Waals surface area (Å²) in [6, 6.07) is 12.7. The number of benzene rings is 2. The number of para-hydroxylation sites is 1. The van der Waals surface area contributed by atoms with Crippen LogP contribution in [-0.4, -0.2) is 37.8 Å². The predicted molar refractivity (Wildman–Crippen MR) is 103 cm³/mol. The SMILES string of the molecule is COCCOc1c(Cl)cccc1NC(=O)N1CC[C@H]1c1ccc(Cl)cc1. The van der Waals surface area contributed by atoms with E-state index in [1.165, 1.54) is 0 Å². The van der Waals surface area contributed by atoms with Crippen LogP contribution in [0.1, 0.15) is 18.0 Å². The van der Waals surface area contributed by atoms with Gasteiger partial charge in [0.15, 0.2) is 5.75 Å². The van der Waals surface area contributed by atoms with E-state index < -0.39 is 0 Å². The predicted octanol–water partition coefficient (Wildman–Crippen LogP) is 5.00. The summed E-state index contributed by atoms with van der Waals surface area (Å²) in [5, 5.41) is 4.02. The number of urea groups is 1. The number of ether oxygens (including phenoxy) is 2. The molecule has 3 rings (SSSR count). The molecule has 1 aliphatic rings. The van der Waals surface area contributed by atoms with E-state index in [9.17, 15) is 4.79 Å². The molecule has 0 unspecified atom stereocenters. The van der Waals surface area contributed by atoms with Crippen LogP contribution < -0.4 is 10.1 Å². The summed E-state index contributed by atoms with van der Waals surface area (Å²) in [7, 11) is 1.60. The van der Waals surface area contributed by atoms with Crippen molar-refractivity contribution >= 4 is 34.9 Å². The third-order valence-electron chi connectivity index (χ3n) is 4.28. The highest BCUT2D eigenvalue weighted by Gasteiger charge is 2.33. The van der Waals surface area contributed by atoms with Crippen LogP contribution in [0, 0.1) is 0 Å². The normalized spacial score (nSPS) is 16.1. The standard InChI is InChI=1S/C19H20Cl2N2O3/c1-25-11-12-26-18-15(21)3-2-4-16(18)22-19(24)23-10-9-17(23)13-5-7-14(20)8-6-13/h2-8,17H,9-12H2,1H3,(H,22,24)/t17-/m0/s1. The lowest BCUT2D eigenvalue weighted by Gasteiger charge is -2.41. The minimum absolute atomic E-state index is 0.0457. The lowest BCUT2D eigenvalue weighted by atomic mass is 9.95. The number of hydrogen-bond donors (Lipinski definition) is 1.